The summed E-state index contributed by atoms with van der Waals surface area (Å²) in [4.78, 5) is 11.2. The van der Waals surface area contributed by atoms with Gasteiger partial charge in [0.1, 0.15) is 0 Å². The highest BCUT2D eigenvalue weighted by atomic mass is 35.5. The molecule has 0 aliphatic heterocycles. The maximum absolute atomic E-state index is 11.2. The van der Waals surface area contributed by atoms with Crippen molar-refractivity contribution in [2.75, 3.05) is 20.3 Å². The van der Waals surface area contributed by atoms with E-state index < -0.39 is 0 Å². The molecule has 0 rings (SSSR count). The molecule has 4 nitrogen and oxygen atoms in total. The van der Waals surface area contributed by atoms with Crippen LogP contribution in [0.5, 0.6) is 0 Å². The summed E-state index contributed by atoms with van der Waals surface area (Å²) in [6.45, 7) is 5.07. The lowest BCUT2D eigenvalue weighted by molar-refractivity contribution is -0.122. The van der Waals surface area contributed by atoms with Crippen LogP contribution in [-0.4, -0.2) is 31.7 Å². The van der Waals surface area contributed by atoms with Gasteiger partial charge >= 0.3 is 0 Å². The Balaban J connectivity index is 0. The van der Waals surface area contributed by atoms with Crippen LogP contribution in [0, 0.1) is 0 Å². The van der Waals surface area contributed by atoms with Gasteiger partial charge in [-0.2, -0.15) is 0 Å². The van der Waals surface area contributed by atoms with E-state index in [1.54, 1.807) is 7.11 Å². The van der Waals surface area contributed by atoms with Gasteiger partial charge in [-0.05, 0) is 12.8 Å². The Morgan fingerprint density at radius 1 is 1.40 bits per heavy atom. The molecule has 0 bridgehead atoms. The van der Waals surface area contributed by atoms with Crippen molar-refractivity contribution in [3.05, 3.63) is 0 Å². The van der Waals surface area contributed by atoms with E-state index in [-0.39, 0.29) is 23.9 Å². The van der Waals surface area contributed by atoms with Crippen LogP contribution in [0.1, 0.15) is 33.1 Å². The molecule has 0 radical (unpaired) electrons. The number of ether oxygens (including phenoxy) is 1. The van der Waals surface area contributed by atoms with Crippen molar-refractivity contribution in [3.8, 4) is 0 Å². The molecule has 3 N–H and O–H groups in total. The van der Waals surface area contributed by atoms with Gasteiger partial charge in [0.05, 0.1) is 6.61 Å². The van der Waals surface area contributed by atoms with Crippen LogP contribution in [-0.2, 0) is 9.53 Å². The third-order valence-electron chi connectivity index (χ3n) is 2.58. The summed E-state index contributed by atoms with van der Waals surface area (Å²) in [5, 5.41) is 2.82. The van der Waals surface area contributed by atoms with E-state index in [4.69, 9.17) is 10.5 Å². The van der Waals surface area contributed by atoms with Crippen molar-refractivity contribution in [2.45, 2.75) is 38.6 Å². The minimum atomic E-state index is -0.261. The predicted molar refractivity (Wildman–Crippen MR) is 64.3 cm³/mol. The highest BCUT2D eigenvalue weighted by Crippen LogP contribution is 2.09. The lowest BCUT2D eigenvalue weighted by Crippen LogP contribution is -2.49. The highest BCUT2D eigenvalue weighted by Gasteiger charge is 2.20. The van der Waals surface area contributed by atoms with Crippen LogP contribution in [0.3, 0.4) is 0 Å². The first-order valence-electron chi connectivity index (χ1n) is 5.12. The van der Waals surface area contributed by atoms with E-state index in [9.17, 15) is 4.79 Å². The van der Waals surface area contributed by atoms with E-state index in [0.29, 0.717) is 19.6 Å². The normalized spacial score (nSPS) is 10.7. The summed E-state index contributed by atoms with van der Waals surface area (Å²) in [6, 6.07) is 0. The first kappa shape index (κ1) is 17.1. The van der Waals surface area contributed by atoms with E-state index in [0.717, 1.165) is 12.8 Å². The Kier molecular flexibility index (Phi) is 10.2. The minimum Gasteiger partial charge on any atom is -0.384 e. The molecule has 15 heavy (non-hydrogen) atoms. The zero-order chi connectivity index (χ0) is 11.0. The molecule has 0 aromatic carbocycles. The zero-order valence-electron chi connectivity index (χ0n) is 9.84. The fourth-order valence-electron chi connectivity index (χ4n) is 1.06. The number of carbonyl (C=O) groups is 1. The zero-order valence-corrected chi connectivity index (χ0v) is 10.7. The lowest BCUT2D eigenvalue weighted by Gasteiger charge is -2.26. The molecule has 0 aromatic rings. The minimum absolute atomic E-state index is 0. The number of nitrogens with two attached hydrogens (primary N) is 1. The maximum atomic E-state index is 11.2. The monoisotopic (exact) mass is 238 g/mol. The second-order valence-corrected chi connectivity index (χ2v) is 3.59. The maximum Gasteiger partial charge on any atom is 0.222 e. The predicted octanol–water partition coefficient (Wildman–Crippen LogP) is 1.08. The standard InChI is InChI=1S/C10H22N2O2.ClH/c1-4-10(11,5-2)8-12-9(13)6-7-14-3;/h4-8,11H2,1-3H3,(H,12,13);1H. The van der Waals surface area contributed by atoms with Gasteiger partial charge in [0, 0.05) is 25.6 Å². The van der Waals surface area contributed by atoms with Gasteiger partial charge in [0.2, 0.25) is 5.91 Å². The SMILES string of the molecule is CCC(N)(CC)CNC(=O)CCOC.Cl. The molecule has 5 heteroatoms. The van der Waals surface area contributed by atoms with Crippen LogP contribution < -0.4 is 11.1 Å². The Hall–Kier alpha value is -0.320. The Labute approximate surface area is 98.3 Å². The Morgan fingerprint density at radius 3 is 2.33 bits per heavy atom. The first-order valence-corrected chi connectivity index (χ1v) is 5.12. The number of hydrogen-bond acceptors (Lipinski definition) is 3. The number of carbonyl (C=O) groups excluding carboxylic acids is 1. The number of halogens is 1. The second kappa shape index (κ2) is 8.95. The van der Waals surface area contributed by atoms with Gasteiger partial charge in [0.25, 0.3) is 0 Å². The molecule has 1 amide bonds. The van der Waals surface area contributed by atoms with Crippen molar-refractivity contribution < 1.29 is 9.53 Å². The molecule has 92 valence electrons. The number of hydrogen-bond donors (Lipinski definition) is 2. The smallest absolute Gasteiger partial charge is 0.222 e. The summed E-state index contributed by atoms with van der Waals surface area (Å²) in [5.74, 6) is 0.00331. The van der Waals surface area contributed by atoms with Gasteiger partial charge in [0.15, 0.2) is 0 Å². The van der Waals surface area contributed by atoms with Crippen molar-refractivity contribution in [1.29, 1.82) is 0 Å². The summed E-state index contributed by atoms with van der Waals surface area (Å²) < 4.78 is 4.81. The van der Waals surface area contributed by atoms with E-state index >= 15 is 0 Å². The molecule has 0 spiro atoms. The number of rotatable bonds is 7. The van der Waals surface area contributed by atoms with Crippen LogP contribution in [0.15, 0.2) is 0 Å². The van der Waals surface area contributed by atoms with Gasteiger partial charge in [-0.3, -0.25) is 4.79 Å². The fraction of sp³-hybridized carbons (Fsp3) is 0.900. The molecular weight excluding hydrogens is 216 g/mol. The molecule has 0 fully saturated rings. The molecule has 0 unspecified atom stereocenters. The molecule has 0 saturated heterocycles. The molecule has 0 aliphatic carbocycles. The van der Waals surface area contributed by atoms with Crippen LogP contribution >= 0.6 is 12.4 Å². The van der Waals surface area contributed by atoms with E-state index in [1.807, 2.05) is 13.8 Å². The Bertz CT molecular complexity index is 173. The molecule has 0 aliphatic rings. The number of amides is 1. The quantitative estimate of drug-likeness (QED) is 0.698. The first-order chi connectivity index (χ1) is 6.58. The van der Waals surface area contributed by atoms with Gasteiger partial charge in [-0.25, -0.2) is 0 Å². The number of methoxy groups -OCH3 is 1. The molecular formula is C10H23ClN2O2. The third kappa shape index (κ3) is 7.59. The average molecular weight is 239 g/mol. The molecule has 0 aromatic heterocycles. The van der Waals surface area contributed by atoms with Crippen molar-refractivity contribution >= 4 is 18.3 Å². The largest absolute Gasteiger partial charge is 0.384 e. The second-order valence-electron chi connectivity index (χ2n) is 3.59. The lowest BCUT2D eigenvalue weighted by atomic mass is 9.94. The topological polar surface area (TPSA) is 64.3 Å². The summed E-state index contributed by atoms with van der Waals surface area (Å²) in [5.41, 5.74) is 5.77. The van der Waals surface area contributed by atoms with Crippen molar-refractivity contribution in [1.82, 2.24) is 5.32 Å². The van der Waals surface area contributed by atoms with Gasteiger partial charge < -0.3 is 15.8 Å². The molecule has 0 heterocycles. The van der Waals surface area contributed by atoms with Crippen LogP contribution in [0.25, 0.3) is 0 Å². The molecule has 0 saturated carbocycles. The fourth-order valence-corrected chi connectivity index (χ4v) is 1.06. The van der Waals surface area contributed by atoms with Crippen LogP contribution in [0.4, 0.5) is 0 Å². The van der Waals surface area contributed by atoms with Gasteiger partial charge in [-0.1, -0.05) is 13.8 Å². The Morgan fingerprint density at radius 2 is 1.93 bits per heavy atom. The number of nitrogens with one attached hydrogen (secondary N) is 1. The summed E-state index contributed by atoms with van der Waals surface area (Å²) >= 11 is 0. The summed E-state index contributed by atoms with van der Waals surface area (Å²) in [7, 11) is 1.58. The third-order valence-corrected chi connectivity index (χ3v) is 2.58. The van der Waals surface area contributed by atoms with Crippen LogP contribution in [0.2, 0.25) is 0 Å². The highest BCUT2D eigenvalue weighted by molar-refractivity contribution is 5.85. The average Bonchev–Trinajstić information content (AvgIpc) is 2.23. The van der Waals surface area contributed by atoms with Gasteiger partial charge in [-0.15, -0.1) is 12.4 Å². The summed E-state index contributed by atoms with van der Waals surface area (Å²) in [6.07, 6.45) is 2.14. The molecule has 0 atom stereocenters. The van der Waals surface area contributed by atoms with E-state index in [2.05, 4.69) is 5.32 Å². The van der Waals surface area contributed by atoms with Crippen molar-refractivity contribution in [2.24, 2.45) is 5.73 Å². The van der Waals surface area contributed by atoms with Crippen molar-refractivity contribution in [3.63, 3.8) is 0 Å². The van der Waals surface area contributed by atoms with E-state index in [1.165, 1.54) is 0 Å².